The van der Waals surface area contributed by atoms with E-state index in [-0.39, 0.29) is 0 Å². The fraction of sp³-hybridized carbons (Fsp3) is 0.385. The van der Waals surface area contributed by atoms with Crippen molar-refractivity contribution in [3.05, 3.63) is 31.0 Å². The molecule has 18 heavy (non-hydrogen) atoms. The van der Waals surface area contributed by atoms with E-state index in [9.17, 15) is 0 Å². The van der Waals surface area contributed by atoms with Crippen molar-refractivity contribution in [3.63, 3.8) is 0 Å². The van der Waals surface area contributed by atoms with Crippen molar-refractivity contribution in [2.24, 2.45) is 0 Å². The second-order valence-electron chi connectivity index (χ2n) is 4.17. The van der Waals surface area contributed by atoms with Gasteiger partial charge in [0.2, 0.25) is 0 Å². The zero-order chi connectivity index (χ0) is 13.0. The van der Waals surface area contributed by atoms with E-state index >= 15 is 0 Å². The highest BCUT2D eigenvalue weighted by Gasteiger charge is 2.14. The molecule has 0 spiro atoms. The molecule has 1 atom stereocenters. The molecule has 0 aliphatic carbocycles. The first-order chi connectivity index (χ1) is 8.77. The number of nitrogens with zero attached hydrogens (tertiary/aromatic N) is 3. The predicted octanol–water partition coefficient (Wildman–Crippen LogP) is 2.84. The summed E-state index contributed by atoms with van der Waals surface area (Å²) in [6.45, 7) is 2.19. The Morgan fingerprint density at radius 1 is 1.39 bits per heavy atom. The van der Waals surface area contributed by atoms with Crippen molar-refractivity contribution in [2.45, 2.75) is 19.4 Å². The van der Waals surface area contributed by atoms with Gasteiger partial charge in [0.15, 0.2) is 0 Å². The minimum absolute atomic E-state index is 0.442. The van der Waals surface area contributed by atoms with Crippen LogP contribution in [0.4, 0.5) is 5.69 Å². The van der Waals surface area contributed by atoms with Gasteiger partial charge in [0.05, 0.1) is 18.2 Å². The van der Waals surface area contributed by atoms with E-state index in [1.54, 1.807) is 12.4 Å². The van der Waals surface area contributed by atoms with E-state index in [4.69, 9.17) is 5.73 Å². The lowest BCUT2D eigenvalue weighted by Gasteiger charge is -2.19. The van der Waals surface area contributed by atoms with Crippen LogP contribution in [0.15, 0.2) is 31.0 Å². The number of nitrogens with two attached hydrogens (primary N) is 1. The van der Waals surface area contributed by atoms with Crippen LogP contribution in [0.1, 0.15) is 19.4 Å². The van der Waals surface area contributed by atoms with Gasteiger partial charge in [-0.15, -0.1) is 0 Å². The third kappa shape index (κ3) is 2.51. The molecule has 1 unspecified atom stereocenters. The van der Waals surface area contributed by atoms with Crippen LogP contribution >= 0.6 is 11.8 Å². The number of thioether (sulfide) groups is 1. The van der Waals surface area contributed by atoms with Crippen LogP contribution in [0.5, 0.6) is 0 Å². The van der Waals surface area contributed by atoms with Crippen molar-refractivity contribution in [1.29, 1.82) is 0 Å². The maximum atomic E-state index is 6.01. The van der Waals surface area contributed by atoms with Gasteiger partial charge in [-0.05, 0) is 18.7 Å². The maximum absolute atomic E-state index is 6.01. The Kier molecular flexibility index (Phi) is 4.25. The third-order valence-electron chi connectivity index (χ3n) is 3.02. The first-order valence-corrected chi connectivity index (χ1v) is 7.38. The Balaban J connectivity index is 2.41. The minimum Gasteiger partial charge on any atom is -0.398 e. The summed E-state index contributed by atoms with van der Waals surface area (Å²) in [5.74, 6) is 1.07. The first-order valence-electron chi connectivity index (χ1n) is 5.98. The zero-order valence-electron chi connectivity index (χ0n) is 10.7. The van der Waals surface area contributed by atoms with Gasteiger partial charge in [0.1, 0.15) is 0 Å². The Labute approximate surface area is 112 Å². The van der Waals surface area contributed by atoms with E-state index in [0.717, 1.165) is 29.1 Å². The van der Waals surface area contributed by atoms with Crippen molar-refractivity contribution in [3.8, 4) is 11.3 Å². The summed E-state index contributed by atoms with van der Waals surface area (Å²) in [7, 11) is 0. The SMILES string of the molecule is CCC(CSC)n1cncc1-c1cnccc1N. The molecule has 2 heterocycles. The summed E-state index contributed by atoms with van der Waals surface area (Å²) in [5, 5.41) is 0. The quantitative estimate of drug-likeness (QED) is 0.900. The lowest BCUT2D eigenvalue weighted by Crippen LogP contribution is -2.11. The van der Waals surface area contributed by atoms with Gasteiger partial charge in [0, 0.05) is 35.4 Å². The average Bonchev–Trinajstić information content (AvgIpc) is 2.85. The number of anilines is 1. The Morgan fingerprint density at radius 3 is 2.89 bits per heavy atom. The molecule has 0 radical (unpaired) electrons. The van der Waals surface area contributed by atoms with Crippen LogP contribution < -0.4 is 5.73 Å². The predicted molar refractivity (Wildman–Crippen MR) is 77.6 cm³/mol. The molecule has 0 amide bonds. The molecule has 0 aliphatic heterocycles. The zero-order valence-corrected chi connectivity index (χ0v) is 11.5. The van der Waals surface area contributed by atoms with Crippen LogP contribution in [0, 0.1) is 0 Å². The smallest absolute Gasteiger partial charge is 0.0953 e. The maximum Gasteiger partial charge on any atom is 0.0953 e. The monoisotopic (exact) mass is 262 g/mol. The molecule has 0 aromatic carbocycles. The Bertz CT molecular complexity index is 509. The van der Waals surface area contributed by atoms with Crippen LogP contribution in [0.3, 0.4) is 0 Å². The Hall–Kier alpha value is -1.49. The molecule has 2 aromatic heterocycles. The number of hydrogen-bond donors (Lipinski definition) is 1. The molecule has 2 N–H and O–H groups in total. The fourth-order valence-electron chi connectivity index (χ4n) is 2.01. The Morgan fingerprint density at radius 2 is 2.22 bits per heavy atom. The second kappa shape index (κ2) is 5.91. The number of aromatic nitrogens is 3. The van der Waals surface area contributed by atoms with E-state index in [1.807, 2.05) is 30.4 Å². The molecule has 96 valence electrons. The summed E-state index contributed by atoms with van der Waals surface area (Å²) < 4.78 is 2.20. The molecule has 2 rings (SSSR count). The molecule has 0 bridgehead atoms. The highest BCUT2D eigenvalue weighted by molar-refractivity contribution is 7.98. The lowest BCUT2D eigenvalue weighted by molar-refractivity contribution is 0.544. The topological polar surface area (TPSA) is 56.7 Å². The summed E-state index contributed by atoms with van der Waals surface area (Å²) in [6.07, 6.45) is 10.4. The number of pyridine rings is 1. The second-order valence-corrected chi connectivity index (χ2v) is 5.08. The van der Waals surface area contributed by atoms with Crippen LogP contribution in [0.25, 0.3) is 11.3 Å². The van der Waals surface area contributed by atoms with Gasteiger partial charge in [-0.3, -0.25) is 4.98 Å². The number of nitrogen functional groups attached to an aromatic ring is 1. The van der Waals surface area contributed by atoms with Crippen LogP contribution in [0.2, 0.25) is 0 Å². The van der Waals surface area contributed by atoms with Gasteiger partial charge in [0.25, 0.3) is 0 Å². The molecule has 0 fully saturated rings. The molecule has 5 heteroatoms. The van der Waals surface area contributed by atoms with Crippen molar-refractivity contribution in [1.82, 2.24) is 14.5 Å². The van der Waals surface area contributed by atoms with Gasteiger partial charge < -0.3 is 10.3 Å². The van der Waals surface area contributed by atoms with E-state index < -0.39 is 0 Å². The highest BCUT2D eigenvalue weighted by Crippen LogP contribution is 2.28. The van der Waals surface area contributed by atoms with Crippen molar-refractivity contribution in [2.75, 3.05) is 17.7 Å². The lowest BCUT2D eigenvalue weighted by atomic mass is 10.1. The molecule has 0 saturated heterocycles. The number of hydrogen-bond acceptors (Lipinski definition) is 4. The van der Waals surface area contributed by atoms with E-state index in [2.05, 4.69) is 27.7 Å². The van der Waals surface area contributed by atoms with E-state index in [0.29, 0.717) is 6.04 Å². The molecule has 2 aromatic rings. The molecule has 0 saturated carbocycles. The van der Waals surface area contributed by atoms with Crippen molar-refractivity contribution < 1.29 is 0 Å². The normalized spacial score (nSPS) is 12.6. The average molecular weight is 262 g/mol. The van der Waals surface area contributed by atoms with Crippen LogP contribution in [-0.2, 0) is 0 Å². The van der Waals surface area contributed by atoms with Gasteiger partial charge in [-0.25, -0.2) is 4.98 Å². The standard InChI is InChI=1S/C13H18N4S/c1-3-10(8-18-2)17-9-16-7-13(17)11-6-15-5-4-12(11)14/h4-7,9-10H,3,8H2,1-2H3,(H2,14,15). The summed E-state index contributed by atoms with van der Waals surface area (Å²) >= 11 is 1.85. The summed E-state index contributed by atoms with van der Waals surface area (Å²) in [4.78, 5) is 8.41. The molecule has 0 aliphatic rings. The first kappa shape index (κ1) is 13.0. The van der Waals surface area contributed by atoms with Gasteiger partial charge >= 0.3 is 0 Å². The molecular weight excluding hydrogens is 244 g/mol. The number of rotatable bonds is 5. The summed E-state index contributed by atoms with van der Waals surface area (Å²) in [6, 6.07) is 2.26. The highest BCUT2D eigenvalue weighted by atomic mass is 32.2. The van der Waals surface area contributed by atoms with E-state index in [1.165, 1.54) is 0 Å². The largest absolute Gasteiger partial charge is 0.398 e. The molecular formula is C13H18N4S. The minimum atomic E-state index is 0.442. The van der Waals surface area contributed by atoms with Gasteiger partial charge in [-0.2, -0.15) is 11.8 Å². The van der Waals surface area contributed by atoms with Gasteiger partial charge in [-0.1, -0.05) is 6.92 Å². The number of imidazole rings is 1. The van der Waals surface area contributed by atoms with Crippen LogP contribution in [-0.4, -0.2) is 26.5 Å². The summed E-state index contributed by atoms with van der Waals surface area (Å²) in [5.41, 5.74) is 8.75. The third-order valence-corrected chi connectivity index (χ3v) is 3.74. The fourth-order valence-corrected chi connectivity index (χ4v) is 2.79. The van der Waals surface area contributed by atoms with Crippen molar-refractivity contribution >= 4 is 17.4 Å². The molecule has 4 nitrogen and oxygen atoms in total.